The lowest BCUT2D eigenvalue weighted by Gasteiger charge is -2.08. The van der Waals surface area contributed by atoms with Crippen LogP contribution in [-0.4, -0.2) is 18.9 Å². The van der Waals surface area contributed by atoms with Crippen molar-refractivity contribution in [2.75, 3.05) is 0 Å². The van der Waals surface area contributed by atoms with Crippen molar-refractivity contribution in [3.05, 3.63) is 44.1 Å². The fraction of sp³-hybridized carbons (Fsp3) is 0.267. The highest BCUT2D eigenvalue weighted by molar-refractivity contribution is 7.71. The van der Waals surface area contributed by atoms with E-state index in [1.807, 2.05) is 13.0 Å². The van der Waals surface area contributed by atoms with E-state index in [0.29, 0.717) is 18.9 Å². The van der Waals surface area contributed by atoms with E-state index >= 15 is 0 Å². The van der Waals surface area contributed by atoms with E-state index in [1.54, 1.807) is 10.9 Å². The molecule has 4 rings (SSSR count). The number of hydrogen-bond donors (Lipinski definition) is 0. The molecule has 6 nitrogen and oxygen atoms in total. The van der Waals surface area contributed by atoms with E-state index in [9.17, 15) is 9.18 Å². The first-order valence-corrected chi connectivity index (χ1v) is 8.20. The van der Waals surface area contributed by atoms with Crippen LogP contribution in [0, 0.1) is 10.6 Å². The van der Waals surface area contributed by atoms with Gasteiger partial charge in [0.1, 0.15) is 11.2 Å². The summed E-state index contributed by atoms with van der Waals surface area (Å²) in [6.07, 6.45) is 4.76. The minimum Gasteiger partial charge on any atom is -0.439 e. The number of aromatic nitrogens is 4. The second kappa shape index (κ2) is 5.42. The first kappa shape index (κ1) is 15.3. The first-order valence-electron chi connectivity index (χ1n) is 7.41. The molecule has 9 heteroatoms. The van der Waals surface area contributed by atoms with Gasteiger partial charge < -0.3 is 4.42 Å². The average Bonchev–Trinajstić information content (AvgIpc) is 3.11. The SMILES string of the molecule is CCc1nc2c(-n3c(=O)n4n(c3=S)CCC=C4)c(F)cc(Cl)c2o1. The fourth-order valence-corrected chi connectivity index (χ4v) is 3.39. The molecule has 124 valence electrons. The van der Waals surface area contributed by atoms with Crippen molar-refractivity contribution in [3.63, 3.8) is 0 Å². The molecule has 1 aromatic carbocycles. The number of allylic oxidation sites excluding steroid dienone is 1. The first-order chi connectivity index (χ1) is 11.5. The third-order valence-corrected chi connectivity index (χ3v) is 4.61. The van der Waals surface area contributed by atoms with Crippen LogP contribution in [0.3, 0.4) is 0 Å². The number of aryl methyl sites for hydroxylation is 1. The molecule has 0 saturated carbocycles. The monoisotopic (exact) mass is 366 g/mol. The quantitative estimate of drug-likeness (QED) is 0.651. The molecule has 24 heavy (non-hydrogen) atoms. The van der Waals surface area contributed by atoms with Gasteiger partial charge in [0.05, 0.1) is 5.02 Å². The second-order valence-corrected chi connectivity index (χ2v) is 6.14. The highest BCUT2D eigenvalue weighted by Gasteiger charge is 2.24. The number of benzene rings is 1. The van der Waals surface area contributed by atoms with Gasteiger partial charge in [0.25, 0.3) is 0 Å². The van der Waals surface area contributed by atoms with Crippen molar-refractivity contribution in [2.24, 2.45) is 0 Å². The summed E-state index contributed by atoms with van der Waals surface area (Å²) in [6.45, 7) is 2.41. The van der Waals surface area contributed by atoms with Crippen LogP contribution in [0.2, 0.25) is 5.02 Å². The lowest BCUT2D eigenvalue weighted by atomic mass is 10.2. The summed E-state index contributed by atoms with van der Waals surface area (Å²) >= 11 is 11.4. The summed E-state index contributed by atoms with van der Waals surface area (Å²) in [4.78, 5) is 17.0. The largest absolute Gasteiger partial charge is 0.439 e. The lowest BCUT2D eigenvalue weighted by molar-refractivity contribution is 0.537. The van der Waals surface area contributed by atoms with Gasteiger partial charge in [0.15, 0.2) is 17.3 Å². The van der Waals surface area contributed by atoms with Crippen molar-refractivity contribution >= 4 is 41.1 Å². The van der Waals surface area contributed by atoms with Crippen LogP contribution >= 0.6 is 23.8 Å². The Morgan fingerprint density at radius 2 is 2.29 bits per heavy atom. The van der Waals surface area contributed by atoms with E-state index in [1.165, 1.54) is 4.68 Å². The molecule has 3 aromatic rings. The molecule has 2 aromatic heterocycles. The Morgan fingerprint density at radius 3 is 3.00 bits per heavy atom. The predicted octanol–water partition coefficient (Wildman–Crippen LogP) is 3.54. The van der Waals surface area contributed by atoms with Crippen molar-refractivity contribution in [2.45, 2.75) is 26.3 Å². The van der Waals surface area contributed by atoms with Gasteiger partial charge in [0, 0.05) is 19.2 Å². The standard InChI is InChI=1S/C15H12ClFN4O2S/c1-2-10-18-11-12(9(17)7-8(16)13(11)23-10)21-14(22)19-5-3-4-6-20(19)15(21)24/h3,5,7H,2,4,6H2,1H3. The Morgan fingerprint density at radius 1 is 1.50 bits per heavy atom. The van der Waals surface area contributed by atoms with E-state index < -0.39 is 11.5 Å². The molecule has 0 unspecified atom stereocenters. The van der Waals surface area contributed by atoms with Gasteiger partial charge in [-0.25, -0.2) is 23.4 Å². The fourth-order valence-electron chi connectivity index (χ4n) is 2.81. The minimum absolute atomic E-state index is 0.0318. The number of rotatable bonds is 2. The second-order valence-electron chi connectivity index (χ2n) is 5.37. The van der Waals surface area contributed by atoms with Crippen LogP contribution in [0.25, 0.3) is 23.0 Å². The summed E-state index contributed by atoms with van der Waals surface area (Å²) in [5, 5.41) is 0.105. The van der Waals surface area contributed by atoms with Crippen molar-refractivity contribution in [1.82, 2.24) is 18.9 Å². The van der Waals surface area contributed by atoms with Gasteiger partial charge in [-0.3, -0.25) is 4.68 Å². The average molecular weight is 367 g/mol. The molecular weight excluding hydrogens is 355 g/mol. The molecule has 1 aliphatic rings. The van der Waals surface area contributed by atoms with Crippen molar-refractivity contribution in [3.8, 4) is 5.69 Å². The van der Waals surface area contributed by atoms with Crippen molar-refractivity contribution in [1.29, 1.82) is 0 Å². The van der Waals surface area contributed by atoms with Crippen LogP contribution in [0.4, 0.5) is 4.39 Å². The maximum absolute atomic E-state index is 14.7. The summed E-state index contributed by atoms with van der Waals surface area (Å²) in [7, 11) is 0. The van der Waals surface area contributed by atoms with Gasteiger partial charge in [-0.15, -0.1) is 0 Å². The molecule has 0 radical (unpaired) electrons. The molecule has 0 N–H and O–H groups in total. The van der Waals surface area contributed by atoms with Gasteiger partial charge in [-0.1, -0.05) is 24.6 Å². The van der Waals surface area contributed by atoms with Crippen LogP contribution in [-0.2, 0) is 13.0 Å². The molecule has 1 aliphatic heterocycles. The Balaban J connectivity index is 2.14. The molecule has 0 aliphatic carbocycles. The van der Waals surface area contributed by atoms with Crippen LogP contribution < -0.4 is 5.69 Å². The smallest absolute Gasteiger partial charge is 0.354 e. The van der Waals surface area contributed by atoms with E-state index in [-0.39, 0.29) is 26.6 Å². The number of nitrogens with zero attached hydrogens (tertiary/aromatic N) is 4. The van der Waals surface area contributed by atoms with Gasteiger partial charge >= 0.3 is 5.69 Å². The molecule has 0 amide bonds. The topological polar surface area (TPSA) is 57.9 Å². The maximum atomic E-state index is 14.7. The summed E-state index contributed by atoms with van der Waals surface area (Å²) in [5.41, 5.74) is -0.0521. The Kier molecular flexibility index (Phi) is 3.47. The minimum atomic E-state index is -0.677. The maximum Gasteiger partial charge on any atom is 0.354 e. The third-order valence-electron chi connectivity index (χ3n) is 3.93. The predicted molar refractivity (Wildman–Crippen MR) is 90.7 cm³/mol. The highest BCUT2D eigenvalue weighted by atomic mass is 35.5. The molecule has 0 saturated heterocycles. The zero-order chi connectivity index (χ0) is 17.0. The Bertz CT molecular complexity index is 1120. The van der Waals surface area contributed by atoms with E-state index in [2.05, 4.69) is 4.98 Å². The molecule has 0 spiro atoms. The summed E-state index contributed by atoms with van der Waals surface area (Å²) < 4.78 is 24.6. The summed E-state index contributed by atoms with van der Waals surface area (Å²) in [6, 6.07) is 1.11. The van der Waals surface area contributed by atoms with Gasteiger partial charge in [-0.2, -0.15) is 0 Å². The van der Waals surface area contributed by atoms with Crippen LogP contribution in [0.1, 0.15) is 19.2 Å². The molecule has 3 heterocycles. The lowest BCUT2D eigenvalue weighted by Crippen LogP contribution is -2.25. The van der Waals surface area contributed by atoms with Crippen molar-refractivity contribution < 1.29 is 8.81 Å². The van der Waals surface area contributed by atoms with E-state index in [4.69, 9.17) is 28.2 Å². The Hall–Kier alpha value is -2.19. The normalized spacial score (nSPS) is 13.6. The number of hydrogen-bond acceptors (Lipinski definition) is 4. The van der Waals surface area contributed by atoms with Crippen LogP contribution in [0.15, 0.2) is 21.4 Å². The molecule has 0 atom stereocenters. The van der Waals surface area contributed by atoms with Gasteiger partial charge in [-0.05, 0) is 24.7 Å². The number of fused-ring (bicyclic) bond motifs is 2. The molecule has 0 bridgehead atoms. The molecular formula is C15H12ClFN4O2S. The number of halogens is 2. The summed E-state index contributed by atoms with van der Waals surface area (Å²) in [5.74, 6) is -0.265. The number of oxazole rings is 1. The third kappa shape index (κ3) is 2.03. The molecule has 0 fully saturated rings. The van der Waals surface area contributed by atoms with E-state index in [0.717, 1.165) is 17.1 Å². The zero-order valence-electron chi connectivity index (χ0n) is 12.6. The highest BCUT2D eigenvalue weighted by Crippen LogP contribution is 2.32. The van der Waals surface area contributed by atoms with Crippen LogP contribution in [0.5, 0.6) is 0 Å². The zero-order valence-corrected chi connectivity index (χ0v) is 14.2. The van der Waals surface area contributed by atoms with Gasteiger partial charge in [0.2, 0.25) is 4.77 Å². The Labute approximate surface area is 145 Å².